The van der Waals surface area contributed by atoms with Crippen LogP contribution in [0.15, 0.2) is 57.7 Å². The zero-order chi connectivity index (χ0) is 22.7. The average molecular weight is 439 g/mol. The fourth-order valence-electron chi connectivity index (χ4n) is 3.70. The van der Waals surface area contributed by atoms with E-state index in [-0.39, 0.29) is 42.0 Å². The first kappa shape index (κ1) is 21.4. The van der Waals surface area contributed by atoms with Crippen LogP contribution in [0.25, 0.3) is 0 Å². The van der Waals surface area contributed by atoms with Crippen LogP contribution in [-0.2, 0) is 11.2 Å². The molecule has 0 radical (unpaired) electrons. The highest BCUT2D eigenvalue weighted by Crippen LogP contribution is 2.38. The van der Waals surface area contributed by atoms with E-state index in [1.54, 1.807) is 37.3 Å². The Morgan fingerprint density at radius 3 is 2.62 bits per heavy atom. The van der Waals surface area contributed by atoms with Gasteiger partial charge in [0.05, 0.1) is 5.56 Å². The Kier molecular flexibility index (Phi) is 6.11. The van der Waals surface area contributed by atoms with Crippen molar-refractivity contribution in [1.29, 1.82) is 0 Å². The Hall–Kier alpha value is -3.81. The third-order valence-electron chi connectivity index (χ3n) is 5.28. The maximum absolute atomic E-state index is 13.0. The number of carbonyl (C=O) groups is 1. The lowest BCUT2D eigenvalue weighted by atomic mass is 9.88. The van der Waals surface area contributed by atoms with Gasteiger partial charge < -0.3 is 24.3 Å². The smallest absolute Gasteiger partial charge is 0.343 e. The fourth-order valence-corrected chi connectivity index (χ4v) is 3.70. The molecular formula is C24H22FNO6. The van der Waals surface area contributed by atoms with Crippen LogP contribution in [0, 0.1) is 12.7 Å². The van der Waals surface area contributed by atoms with Crippen molar-refractivity contribution in [3.63, 3.8) is 0 Å². The largest absolute Gasteiger partial charge is 0.507 e. The summed E-state index contributed by atoms with van der Waals surface area (Å²) < 4.78 is 29.0. The zero-order valence-electron chi connectivity index (χ0n) is 17.4. The van der Waals surface area contributed by atoms with Gasteiger partial charge in [-0.1, -0.05) is 18.2 Å². The molecule has 1 atom stereocenters. The van der Waals surface area contributed by atoms with E-state index in [4.69, 9.17) is 13.9 Å². The predicted molar refractivity (Wildman–Crippen MR) is 114 cm³/mol. The third-order valence-corrected chi connectivity index (χ3v) is 5.28. The van der Waals surface area contributed by atoms with Crippen molar-refractivity contribution in [1.82, 2.24) is 5.32 Å². The minimum atomic E-state index is -0.757. The van der Waals surface area contributed by atoms with Crippen molar-refractivity contribution in [3.8, 4) is 17.2 Å². The van der Waals surface area contributed by atoms with Crippen LogP contribution in [0.2, 0.25) is 0 Å². The number of aromatic hydroxyl groups is 1. The van der Waals surface area contributed by atoms with Crippen molar-refractivity contribution in [3.05, 3.63) is 87.2 Å². The van der Waals surface area contributed by atoms with Gasteiger partial charge in [0, 0.05) is 24.9 Å². The first-order valence-corrected chi connectivity index (χ1v) is 10.1. The molecule has 0 fully saturated rings. The standard InChI is InChI=1S/C24H22FNO6/c1-14-10-19(27)23(24(29)32-14)18(16-4-7-20-21(11-16)31-13-30-20)12-22(28)26-9-8-15-2-5-17(25)6-3-15/h2-7,10-11,18,27H,8-9,12-13H2,1H3,(H,26,28)/t18-/m1/s1. The molecular weight excluding hydrogens is 417 g/mol. The van der Waals surface area contributed by atoms with E-state index >= 15 is 0 Å². The predicted octanol–water partition coefficient (Wildman–Crippen LogP) is 3.40. The maximum atomic E-state index is 13.0. The number of fused-ring (bicyclic) bond motifs is 1. The number of ether oxygens (including phenoxy) is 2. The lowest BCUT2D eigenvalue weighted by Crippen LogP contribution is -2.28. The third kappa shape index (κ3) is 4.74. The first-order chi connectivity index (χ1) is 15.4. The molecule has 0 spiro atoms. The average Bonchev–Trinajstić information content (AvgIpc) is 3.21. The van der Waals surface area contributed by atoms with Gasteiger partial charge in [0.25, 0.3) is 0 Å². The summed E-state index contributed by atoms with van der Waals surface area (Å²) in [4.78, 5) is 25.3. The molecule has 4 rings (SSSR count). The van der Waals surface area contributed by atoms with E-state index < -0.39 is 11.5 Å². The summed E-state index contributed by atoms with van der Waals surface area (Å²) in [5.74, 6) is -0.288. The molecule has 1 amide bonds. The summed E-state index contributed by atoms with van der Waals surface area (Å²) in [6.07, 6.45) is 0.434. The number of aryl methyl sites for hydroxylation is 1. The maximum Gasteiger partial charge on any atom is 0.343 e. The Morgan fingerprint density at radius 2 is 1.88 bits per heavy atom. The SMILES string of the molecule is Cc1cc(O)c([C@H](CC(=O)NCCc2ccc(F)cc2)c2ccc3c(c2)OCO3)c(=O)o1. The van der Waals surface area contributed by atoms with Gasteiger partial charge in [-0.2, -0.15) is 0 Å². The van der Waals surface area contributed by atoms with Gasteiger partial charge in [-0.3, -0.25) is 4.79 Å². The number of amides is 1. The molecule has 0 unspecified atom stereocenters. The van der Waals surface area contributed by atoms with Crippen molar-refractivity contribution in [2.45, 2.75) is 25.7 Å². The van der Waals surface area contributed by atoms with E-state index in [1.165, 1.54) is 18.2 Å². The van der Waals surface area contributed by atoms with Crippen molar-refractivity contribution >= 4 is 5.91 Å². The number of hydrogen-bond acceptors (Lipinski definition) is 6. The highest BCUT2D eigenvalue weighted by molar-refractivity contribution is 5.77. The second kappa shape index (κ2) is 9.13. The molecule has 1 aliphatic rings. The number of carbonyl (C=O) groups excluding carboxylic acids is 1. The molecule has 2 heterocycles. The molecule has 0 saturated heterocycles. The summed E-state index contributed by atoms with van der Waals surface area (Å²) in [7, 11) is 0. The van der Waals surface area contributed by atoms with E-state index in [0.717, 1.165) is 5.56 Å². The zero-order valence-corrected chi connectivity index (χ0v) is 17.4. The summed E-state index contributed by atoms with van der Waals surface area (Å²) in [6, 6.07) is 12.5. The molecule has 8 heteroatoms. The Morgan fingerprint density at radius 1 is 1.12 bits per heavy atom. The second-order valence-corrected chi connectivity index (χ2v) is 7.54. The molecule has 3 aromatic rings. The van der Waals surface area contributed by atoms with Crippen LogP contribution in [-0.4, -0.2) is 24.4 Å². The van der Waals surface area contributed by atoms with Crippen molar-refractivity contribution < 1.29 is 28.2 Å². The van der Waals surface area contributed by atoms with E-state index in [0.29, 0.717) is 30.0 Å². The Balaban J connectivity index is 1.55. The summed E-state index contributed by atoms with van der Waals surface area (Å²) in [5.41, 5.74) is 0.790. The van der Waals surface area contributed by atoms with Crippen LogP contribution in [0.5, 0.6) is 17.2 Å². The molecule has 0 aliphatic carbocycles. The molecule has 166 valence electrons. The van der Waals surface area contributed by atoms with Crippen molar-refractivity contribution in [2.24, 2.45) is 0 Å². The van der Waals surface area contributed by atoms with Gasteiger partial charge in [0.15, 0.2) is 11.5 Å². The molecule has 0 bridgehead atoms. The lowest BCUT2D eigenvalue weighted by molar-refractivity contribution is -0.121. The molecule has 1 aliphatic heterocycles. The summed E-state index contributed by atoms with van der Waals surface area (Å²) in [5, 5.41) is 13.3. The molecule has 1 aromatic heterocycles. The van der Waals surface area contributed by atoms with Gasteiger partial charge in [-0.15, -0.1) is 0 Å². The Labute approximate surface area is 183 Å². The minimum Gasteiger partial charge on any atom is -0.507 e. The highest BCUT2D eigenvalue weighted by Gasteiger charge is 2.27. The van der Waals surface area contributed by atoms with Gasteiger partial charge in [-0.05, 0) is 48.7 Å². The van der Waals surface area contributed by atoms with Gasteiger partial charge in [0.1, 0.15) is 17.3 Å². The molecule has 7 nitrogen and oxygen atoms in total. The number of nitrogens with one attached hydrogen (secondary N) is 1. The topological polar surface area (TPSA) is 98.0 Å². The van der Waals surface area contributed by atoms with E-state index in [1.807, 2.05) is 0 Å². The number of halogens is 1. The van der Waals surface area contributed by atoms with Crippen LogP contribution in [0.4, 0.5) is 4.39 Å². The normalized spacial score (nSPS) is 13.1. The quantitative estimate of drug-likeness (QED) is 0.586. The number of hydrogen-bond donors (Lipinski definition) is 2. The van der Waals surface area contributed by atoms with Crippen molar-refractivity contribution in [2.75, 3.05) is 13.3 Å². The van der Waals surface area contributed by atoms with E-state index in [2.05, 4.69) is 5.32 Å². The molecule has 2 N–H and O–H groups in total. The lowest BCUT2D eigenvalue weighted by Gasteiger charge is -2.18. The minimum absolute atomic E-state index is 0.00292. The molecule has 32 heavy (non-hydrogen) atoms. The highest BCUT2D eigenvalue weighted by atomic mass is 19.1. The molecule has 2 aromatic carbocycles. The van der Waals surface area contributed by atoms with Gasteiger partial charge in [0.2, 0.25) is 12.7 Å². The first-order valence-electron chi connectivity index (χ1n) is 10.1. The Bertz CT molecular complexity index is 1190. The van der Waals surface area contributed by atoms with E-state index in [9.17, 15) is 19.1 Å². The van der Waals surface area contributed by atoms with Crippen LogP contribution in [0.1, 0.15) is 34.8 Å². The number of rotatable bonds is 7. The monoisotopic (exact) mass is 439 g/mol. The fraction of sp³-hybridized carbons (Fsp3) is 0.250. The van der Waals surface area contributed by atoms with Gasteiger partial charge >= 0.3 is 5.63 Å². The second-order valence-electron chi connectivity index (χ2n) is 7.54. The van der Waals surface area contributed by atoms with Gasteiger partial charge in [-0.25, -0.2) is 9.18 Å². The molecule has 0 saturated carbocycles. The summed E-state index contributed by atoms with van der Waals surface area (Å²) >= 11 is 0. The van der Waals surface area contributed by atoms with Crippen LogP contribution >= 0.6 is 0 Å². The van der Waals surface area contributed by atoms with Crippen LogP contribution in [0.3, 0.4) is 0 Å². The van der Waals surface area contributed by atoms with Crippen LogP contribution < -0.4 is 20.4 Å². The number of benzene rings is 2. The summed E-state index contributed by atoms with van der Waals surface area (Å²) in [6.45, 7) is 1.99.